The van der Waals surface area contributed by atoms with E-state index < -0.39 is 0 Å². The van der Waals surface area contributed by atoms with Crippen LogP contribution in [-0.2, 0) is 16.0 Å². The predicted molar refractivity (Wildman–Crippen MR) is 103 cm³/mol. The summed E-state index contributed by atoms with van der Waals surface area (Å²) in [5.41, 5.74) is 2.90. The van der Waals surface area contributed by atoms with Gasteiger partial charge in [0.05, 0.1) is 10.0 Å². The number of carbonyl (C=O) groups is 2. The molecule has 1 aliphatic heterocycles. The lowest BCUT2D eigenvalue weighted by Gasteiger charge is -2.29. The maximum absolute atomic E-state index is 12.5. The van der Waals surface area contributed by atoms with E-state index in [0.29, 0.717) is 27.8 Å². The first kappa shape index (κ1) is 18.7. The maximum atomic E-state index is 12.5. The van der Waals surface area contributed by atoms with E-state index in [9.17, 15) is 9.59 Å². The van der Waals surface area contributed by atoms with Gasteiger partial charge in [0.2, 0.25) is 0 Å². The number of aryl methyl sites for hydroxylation is 1. The highest BCUT2D eigenvalue weighted by Crippen LogP contribution is 2.30. The Kier molecular flexibility index (Phi) is 5.81. The Morgan fingerprint density at radius 1 is 1.15 bits per heavy atom. The molecule has 26 heavy (non-hydrogen) atoms. The molecule has 0 bridgehead atoms. The predicted octanol–water partition coefficient (Wildman–Crippen LogP) is 4.17. The molecule has 0 unspecified atom stereocenters. The number of anilines is 2. The van der Waals surface area contributed by atoms with Crippen molar-refractivity contribution in [1.29, 1.82) is 0 Å². The summed E-state index contributed by atoms with van der Waals surface area (Å²) < 4.78 is 4.96. The second-order valence-corrected chi connectivity index (χ2v) is 6.82. The number of ether oxygens (including phenoxy) is 1. The van der Waals surface area contributed by atoms with Crippen LogP contribution in [0.5, 0.6) is 0 Å². The highest BCUT2D eigenvalue weighted by Gasteiger charge is 2.23. The second kappa shape index (κ2) is 8.08. The molecule has 2 aromatic rings. The normalized spacial score (nSPS) is 13.3. The molecule has 3 rings (SSSR count). The molecule has 0 fully saturated rings. The van der Waals surface area contributed by atoms with Gasteiger partial charge in [-0.3, -0.25) is 9.59 Å². The Morgan fingerprint density at radius 3 is 2.69 bits per heavy atom. The zero-order chi connectivity index (χ0) is 18.7. The molecule has 7 heteroatoms. The van der Waals surface area contributed by atoms with Crippen molar-refractivity contribution in [2.24, 2.45) is 0 Å². The topological polar surface area (TPSA) is 58.6 Å². The number of carbonyl (C=O) groups excluding carboxylic acids is 2. The smallest absolute Gasteiger partial charge is 0.255 e. The first-order valence-electron chi connectivity index (χ1n) is 8.18. The molecule has 1 N–H and O–H groups in total. The van der Waals surface area contributed by atoms with Gasteiger partial charge in [0, 0.05) is 30.6 Å². The van der Waals surface area contributed by atoms with Gasteiger partial charge in [-0.15, -0.1) is 0 Å². The highest BCUT2D eigenvalue weighted by atomic mass is 35.5. The molecule has 1 aliphatic rings. The van der Waals surface area contributed by atoms with Crippen LogP contribution in [0.15, 0.2) is 36.4 Å². The first-order chi connectivity index (χ1) is 12.5. The number of nitrogens with zero attached hydrogens (tertiary/aromatic N) is 1. The zero-order valence-corrected chi connectivity index (χ0v) is 15.7. The minimum Gasteiger partial charge on any atom is -0.375 e. The monoisotopic (exact) mass is 392 g/mol. The van der Waals surface area contributed by atoms with Crippen LogP contribution in [0.25, 0.3) is 0 Å². The van der Waals surface area contributed by atoms with Gasteiger partial charge >= 0.3 is 0 Å². The first-order valence-corrected chi connectivity index (χ1v) is 8.94. The van der Waals surface area contributed by atoms with Gasteiger partial charge in [0.25, 0.3) is 11.8 Å². The summed E-state index contributed by atoms with van der Waals surface area (Å²) in [5.74, 6) is -0.393. The number of rotatable bonds is 4. The van der Waals surface area contributed by atoms with Gasteiger partial charge in [-0.25, -0.2) is 0 Å². The summed E-state index contributed by atoms with van der Waals surface area (Å²) in [6.07, 6.45) is 1.80. The Hall–Kier alpha value is -2.08. The van der Waals surface area contributed by atoms with Gasteiger partial charge < -0.3 is 15.0 Å². The molecular formula is C19H18Cl2N2O3. The molecule has 0 aromatic heterocycles. The van der Waals surface area contributed by atoms with Crippen LogP contribution >= 0.6 is 23.2 Å². The van der Waals surface area contributed by atoms with Crippen molar-refractivity contribution in [3.8, 4) is 0 Å². The third-order valence-electron chi connectivity index (χ3n) is 4.21. The number of hydrogen-bond donors (Lipinski definition) is 1. The summed E-state index contributed by atoms with van der Waals surface area (Å²) in [6.45, 7) is 0.665. The van der Waals surface area contributed by atoms with Gasteiger partial charge in [-0.2, -0.15) is 0 Å². The van der Waals surface area contributed by atoms with Crippen LogP contribution in [0.1, 0.15) is 22.3 Å². The Balaban J connectivity index is 1.83. The van der Waals surface area contributed by atoms with E-state index >= 15 is 0 Å². The lowest BCUT2D eigenvalue weighted by Crippen LogP contribution is -2.37. The molecule has 0 aliphatic carbocycles. The summed E-state index contributed by atoms with van der Waals surface area (Å²) in [4.78, 5) is 26.4. The number of fused-ring (bicyclic) bond motifs is 1. The standard InChI is InChI=1S/C19H18Cl2N2O3/c1-26-11-18(24)23-8-2-3-12-4-6-14(10-17(12)23)22-19(25)13-5-7-15(20)16(21)9-13/h4-7,9-10H,2-3,8,11H2,1H3,(H,22,25). The van der Waals surface area contributed by atoms with Gasteiger partial charge in [-0.05, 0) is 48.7 Å². The highest BCUT2D eigenvalue weighted by molar-refractivity contribution is 6.42. The van der Waals surface area contributed by atoms with Crippen molar-refractivity contribution in [1.82, 2.24) is 0 Å². The largest absolute Gasteiger partial charge is 0.375 e. The molecule has 2 amide bonds. The summed E-state index contributed by atoms with van der Waals surface area (Å²) >= 11 is 11.9. The average Bonchev–Trinajstić information content (AvgIpc) is 2.63. The fourth-order valence-electron chi connectivity index (χ4n) is 2.95. The van der Waals surface area contributed by atoms with Gasteiger partial charge in [0.15, 0.2) is 0 Å². The number of nitrogens with one attached hydrogen (secondary N) is 1. The summed E-state index contributed by atoms with van der Waals surface area (Å²) in [7, 11) is 1.50. The van der Waals surface area contributed by atoms with Crippen molar-refractivity contribution >= 4 is 46.4 Å². The molecule has 0 spiro atoms. The number of amides is 2. The Labute approximate surface area is 161 Å². The van der Waals surface area contributed by atoms with Crippen molar-refractivity contribution in [3.05, 3.63) is 57.6 Å². The van der Waals surface area contributed by atoms with Crippen LogP contribution in [0.4, 0.5) is 11.4 Å². The van der Waals surface area contributed by atoms with Crippen LogP contribution in [0.2, 0.25) is 10.0 Å². The molecular weight excluding hydrogens is 375 g/mol. The fourth-order valence-corrected chi connectivity index (χ4v) is 3.25. The summed E-state index contributed by atoms with van der Waals surface area (Å²) in [6, 6.07) is 10.3. The number of halogens is 2. The molecule has 0 saturated heterocycles. The van der Waals surface area contributed by atoms with E-state index in [0.717, 1.165) is 24.1 Å². The minimum absolute atomic E-state index is 0.0271. The Bertz CT molecular complexity index is 855. The van der Waals surface area contributed by atoms with Crippen molar-refractivity contribution in [3.63, 3.8) is 0 Å². The van der Waals surface area contributed by atoms with Gasteiger partial charge in [-0.1, -0.05) is 29.3 Å². The third kappa shape index (κ3) is 4.01. The molecule has 0 radical (unpaired) electrons. The molecule has 5 nitrogen and oxygen atoms in total. The van der Waals surface area contributed by atoms with Crippen molar-refractivity contribution < 1.29 is 14.3 Å². The van der Waals surface area contributed by atoms with Crippen LogP contribution in [-0.4, -0.2) is 32.1 Å². The third-order valence-corrected chi connectivity index (χ3v) is 4.95. The van der Waals surface area contributed by atoms with E-state index in [4.69, 9.17) is 27.9 Å². The van der Waals surface area contributed by atoms with E-state index in [-0.39, 0.29) is 18.4 Å². The second-order valence-electron chi connectivity index (χ2n) is 6.01. The van der Waals surface area contributed by atoms with E-state index in [1.807, 2.05) is 18.2 Å². The number of methoxy groups -OCH3 is 1. The minimum atomic E-state index is -0.297. The zero-order valence-electron chi connectivity index (χ0n) is 14.2. The van der Waals surface area contributed by atoms with Crippen molar-refractivity contribution in [2.45, 2.75) is 12.8 Å². The van der Waals surface area contributed by atoms with E-state index in [1.165, 1.54) is 13.2 Å². The maximum Gasteiger partial charge on any atom is 0.255 e. The molecule has 2 aromatic carbocycles. The SMILES string of the molecule is COCC(=O)N1CCCc2ccc(NC(=O)c3ccc(Cl)c(Cl)c3)cc21. The lowest BCUT2D eigenvalue weighted by molar-refractivity contribution is -0.122. The van der Waals surface area contributed by atoms with Gasteiger partial charge in [0.1, 0.15) is 6.61 Å². The molecule has 1 heterocycles. The van der Waals surface area contributed by atoms with E-state index in [2.05, 4.69) is 5.32 Å². The van der Waals surface area contributed by atoms with E-state index in [1.54, 1.807) is 17.0 Å². The number of hydrogen-bond acceptors (Lipinski definition) is 3. The molecule has 136 valence electrons. The quantitative estimate of drug-likeness (QED) is 0.848. The van der Waals surface area contributed by atoms with Crippen LogP contribution < -0.4 is 10.2 Å². The van der Waals surface area contributed by atoms with Crippen LogP contribution in [0, 0.1) is 0 Å². The fraction of sp³-hybridized carbons (Fsp3) is 0.263. The lowest BCUT2D eigenvalue weighted by atomic mass is 10.0. The van der Waals surface area contributed by atoms with Crippen LogP contribution in [0.3, 0.4) is 0 Å². The average molecular weight is 393 g/mol. The number of benzene rings is 2. The summed E-state index contributed by atoms with van der Waals surface area (Å²) in [5, 5.41) is 3.55. The van der Waals surface area contributed by atoms with Crippen molar-refractivity contribution in [2.75, 3.05) is 30.5 Å². The Morgan fingerprint density at radius 2 is 1.96 bits per heavy atom. The molecule has 0 atom stereocenters. The molecule has 0 saturated carbocycles.